The first-order valence-electron chi connectivity index (χ1n) is 4.43. The lowest BCUT2D eigenvalue weighted by Crippen LogP contribution is -1.87. The lowest BCUT2D eigenvalue weighted by molar-refractivity contribution is 1.33. The highest BCUT2D eigenvalue weighted by molar-refractivity contribution is 6.06. The topological polar surface area (TPSA) is 95.7 Å². The van der Waals surface area contributed by atoms with E-state index in [-0.39, 0.29) is 0 Å². The van der Waals surface area contributed by atoms with E-state index < -0.39 is 0 Å². The summed E-state index contributed by atoms with van der Waals surface area (Å²) in [5.74, 6) is 0. The first-order chi connectivity index (χ1) is 7.40. The molecule has 0 unspecified atom stereocenters. The number of nitrogens with two attached hydrogens (primary N) is 1. The fourth-order valence-corrected chi connectivity index (χ4v) is 1.67. The molecule has 0 atom stereocenters. The van der Waals surface area contributed by atoms with Crippen molar-refractivity contribution in [2.75, 3.05) is 0 Å². The van der Waals surface area contributed by atoms with Gasteiger partial charge in [-0.25, -0.2) is 15.0 Å². The molecule has 0 bridgehead atoms. The number of hydrogen-bond donors (Lipinski definition) is 3. The molecule has 0 saturated heterocycles. The second-order valence-electron chi connectivity index (χ2n) is 3.10. The summed E-state index contributed by atoms with van der Waals surface area (Å²) in [6.45, 7) is 0. The lowest BCUT2D eigenvalue weighted by Gasteiger charge is -1.96. The average molecular weight is 200 g/mol. The van der Waals surface area contributed by atoms with Crippen molar-refractivity contribution in [3.63, 3.8) is 0 Å². The largest absolute Gasteiger partial charge is 0.390 e. The second-order valence-corrected chi connectivity index (χ2v) is 3.10. The van der Waals surface area contributed by atoms with Crippen LogP contribution >= 0.6 is 0 Å². The van der Waals surface area contributed by atoms with Gasteiger partial charge >= 0.3 is 0 Å². The third-order valence-electron chi connectivity index (χ3n) is 2.28. The van der Waals surface area contributed by atoms with Crippen LogP contribution < -0.4 is 5.73 Å². The maximum Gasteiger partial charge on any atom is 0.116 e. The second kappa shape index (κ2) is 2.81. The molecular formula is C9H8N6. The van der Waals surface area contributed by atoms with Crippen molar-refractivity contribution in [1.29, 1.82) is 0 Å². The lowest BCUT2D eigenvalue weighted by atomic mass is 10.2. The van der Waals surface area contributed by atoms with Crippen LogP contribution in [0.4, 0.5) is 5.69 Å². The third kappa shape index (κ3) is 1.01. The number of H-pyrrole nitrogens is 2. The Morgan fingerprint density at radius 3 is 2.87 bits per heavy atom. The zero-order chi connectivity index (χ0) is 10.3. The smallest absolute Gasteiger partial charge is 0.116 e. The summed E-state index contributed by atoms with van der Waals surface area (Å²) in [6, 6.07) is 1.87. The van der Waals surface area contributed by atoms with Crippen molar-refractivity contribution < 1.29 is 0 Å². The van der Waals surface area contributed by atoms with Crippen molar-refractivity contribution in [2.45, 2.75) is 0 Å². The number of rotatable bonds is 1. The predicted octanol–water partition coefficient (Wildman–Crippen LogP) is 1.06. The number of imidazole rings is 2. The quantitative estimate of drug-likeness (QED) is 0.404. The zero-order valence-corrected chi connectivity index (χ0v) is 7.73. The molecule has 6 nitrogen and oxygen atoms in total. The van der Waals surface area contributed by atoms with Crippen molar-refractivity contribution >= 4 is 34.1 Å². The van der Waals surface area contributed by atoms with Gasteiger partial charge in [0.05, 0.1) is 35.7 Å². The average Bonchev–Trinajstić information content (AvgIpc) is 2.84. The molecule has 0 fully saturated rings. The summed E-state index contributed by atoms with van der Waals surface area (Å²) in [6.07, 6.45) is 4.51. The van der Waals surface area contributed by atoms with Crippen LogP contribution in [-0.2, 0) is 0 Å². The van der Waals surface area contributed by atoms with Gasteiger partial charge in [0.15, 0.2) is 0 Å². The summed E-state index contributed by atoms with van der Waals surface area (Å²) in [5.41, 5.74) is 9.42. The molecule has 3 rings (SSSR count). The molecule has 6 heteroatoms. The van der Waals surface area contributed by atoms with Crippen LogP contribution in [0.15, 0.2) is 23.7 Å². The maximum atomic E-state index is 5.28. The molecule has 2 aromatic heterocycles. The molecule has 74 valence electrons. The molecule has 0 radical (unpaired) electrons. The zero-order valence-electron chi connectivity index (χ0n) is 7.73. The van der Waals surface area contributed by atoms with Gasteiger partial charge in [0.25, 0.3) is 0 Å². The van der Waals surface area contributed by atoms with E-state index in [0.29, 0.717) is 0 Å². The minimum atomic E-state index is 0.727. The number of aliphatic imine (C=N–C) groups is 1. The van der Waals surface area contributed by atoms with E-state index in [0.717, 1.165) is 27.8 Å². The van der Waals surface area contributed by atoms with Crippen molar-refractivity contribution in [1.82, 2.24) is 19.9 Å². The normalized spacial score (nSPS) is 12.0. The standard InChI is InChI=1S/C9H8N6/c10-2-11-5-1-6-8(13-3-12-6)9-7(5)14-4-15-9/h1-4H,(H2,10,11)(H,12,13)(H,14,15). The van der Waals surface area contributed by atoms with Gasteiger partial charge in [0, 0.05) is 0 Å². The predicted molar refractivity (Wildman–Crippen MR) is 58.1 cm³/mol. The Labute approximate surface area is 84.3 Å². The fourth-order valence-electron chi connectivity index (χ4n) is 1.67. The monoisotopic (exact) mass is 200 g/mol. The number of benzene rings is 1. The van der Waals surface area contributed by atoms with Gasteiger partial charge in [-0.2, -0.15) is 0 Å². The van der Waals surface area contributed by atoms with E-state index in [4.69, 9.17) is 5.73 Å². The van der Waals surface area contributed by atoms with E-state index in [1.807, 2.05) is 6.07 Å². The first-order valence-corrected chi connectivity index (χ1v) is 4.43. The van der Waals surface area contributed by atoms with E-state index in [2.05, 4.69) is 24.9 Å². The Morgan fingerprint density at radius 1 is 1.20 bits per heavy atom. The highest BCUT2D eigenvalue weighted by Gasteiger charge is 2.09. The number of aromatic nitrogens is 4. The van der Waals surface area contributed by atoms with E-state index >= 15 is 0 Å². The summed E-state index contributed by atoms with van der Waals surface area (Å²) in [5, 5.41) is 0. The Bertz CT molecular complexity index is 647. The minimum absolute atomic E-state index is 0.727. The van der Waals surface area contributed by atoms with Gasteiger partial charge in [0.2, 0.25) is 0 Å². The van der Waals surface area contributed by atoms with Gasteiger partial charge in [-0.05, 0) is 6.07 Å². The van der Waals surface area contributed by atoms with Crippen LogP contribution in [0.2, 0.25) is 0 Å². The Kier molecular flexibility index (Phi) is 1.49. The van der Waals surface area contributed by atoms with Crippen molar-refractivity contribution in [3.8, 4) is 0 Å². The summed E-state index contributed by atoms with van der Waals surface area (Å²) >= 11 is 0. The summed E-state index contributed by atoms with van der Waals surface area (Å²) in [4.78, 5) is 18.5. The molecule has 0 amide bonds. The van der Waals surface area contributed by atoms with Gasteiger partial charge in [-0.1, -0.05) is 0 Å². The molecule has 15 heavy (non-hydrogen) atoms. The number of aromatic amines is 2. The molecule has 0 saturated carbocycles. The van der Waals surface area contributed by atoms with Gasteiger partial charge in [-0.15, -0.1) is 0 Å². The number of hydrogen-bond acceptors (Lipinski definition) is 3. The number of nitrogens with zero attached hydrogens (tertiary/aromatic N) is 3. The molecule has 2 heterocycles. The molecular weight excluding hydrogens is 192 g/mol. The van der Waals surface area contributed by atoms with Crippen LogP contribution in [0.1, 0.15) is 0 Å². The molecule has 3 aromatic rings. The molecule has 1 aromatic carbocycles. The van der Waals surface area contributed by atoms with Crippen LogP contribution in [0.3, 0.4) is 0 Å². The minimum Gasteiger partial charge on any atom is -0.390 e. The van der Waals surface area contributed by atoms with Gasteiger partial charge in [-0.3, -0.25) is 0 Å². The molecule has 0 spiro atoms. The number of fused-ring (bicyclic) bond motifs is 3. The Morgan fingerprint density at radius 2 is 2.00 bits per heavy atom. The first kappa shape index (κ1) is 7.98. The molecule has 0 aliphatic heterocycles. The van der Waals surface area contributed by atoms with E-state index in [1.165, 1.54) is 6.34 Å². The van der Waals surface area contributed by atoms with Gasteiger partial charge < -0.3 is 15.7 Å². The van der Waals surface area contributed by atoms with Crippen molar-refractivity contribution in [2.24, 2.45) is 10.7 Å². The maximum absolute atomic E-state index is 5.28. The number of nitrogens with one attached hydrogen (secondary N) is 2. The highest BCUT2D eigenvalue weighted by Crippen LogP contribution is 2.28. The van der Waals surface area contributed by atoms with Crippen LogP contribution in [0.5, 0.6) is 0 Å². The Hall–Kier alpha value is -2.37. The third-order valence-corrected chi connectivity index (χ3v) is 2.28. The Balaban J connectivity index is 2.53. The van der Waals surface area contributed by atoms with E-state index in [1.54, 1.807) is 12.7 Å². The van der Waals surface area contributed by atoms with Crippen LogP contribution in [0.25, 0.3) is 22.1 Å². The summed E-state index contributed by atoms with van der Waals surface area (Å²) < 4.78 is 0. The van der Waals surface area contributed by atoms with E-state index in [9.17, 15) is 0 Å². The highest BCUT2D eigenvalue weighted by atomic mass is 14.9. The van der Waals surface area contributed by atoms with Gasteiger partial charge in [0.1, 0.15) is 11.0 Å². The van der Waals surface area contributed by atoms with Crippen LogP contribution in [-0.4, -0.2) is 26.3 Å². The SMILES string of the molecule is NC=Nc1cc2[nH]cnc2c2[nH]cnc12. The molecule has 0 aliphatic rings. The molecule has 4 N–H and O–H groups in total. The van der Waals surface area contributed by atoms with Crippen LogP contribution in [0, 0.1) is 0 Å². The summed E-state index contributed by atoms with van der Waals surface area (Å²) in [7, 11) is 0. The fraction of sp³-hybridized carbons (Fsp3) is 0. The van der Waals surface area contributed by atoms with Crippen molar-refractivity contribution in [3.05, 3.63) is 18.7 Å². The molecule has 0 aliphatic carbocycles.